The van der Waals surface area contributed by atoms with Crippen LogP contribution in [-0.4, -0.2) is 31.8 Å². The summed E-state index contributed by atoms with van der Waals surface area (Å²) in [6.07, 6.45) is 4.27. The minimum Gasteiger partial charge on any atom is -0.350 e. The second kappa shape index (κ2) is 7.00. The largest absolute Gasteiger partial charge is 0.350 e. The third-order valence-corrected chi connectivity index (χ3v) is 4.39. The Balaban J connectivity index is 1.49. The number of carbonyl (C=O) groups is 1. The molecule has 0 bridgehead atoms. The molecule has 0 fully saturated rings. The highest BCUT2D eigenvalue weighted by atomic mass is 16.1. The lowest BCUT2D eigenvalue weighted by atomic mass is 10.2. The highest BCUT2D eigenvalue weighted by molar-refractivity contribution is 5.94. The van der Waals surface area contributed by atoms with Crippen LogP contribution in [0.5, 0.6) is 0 Å². The van der Waals surface area contributed by atoms with Gasteiger partial charge in [-0.25, -0.2) is 9.97 Å². The first-order chi connectivity index (χ1) is 12.8. The second-order valence-electron chi connectivity index (χ2n) is 6.29. The van der Waals surface area contributed by atoms with E-state index in [1.807, 2.05) is 53.1 Å². The number of nitrogens with zero attached hydrogens (tertiary/aromatic N) is 3. The number of imidazole rings is 2. The maximum absolute atomic E-state index is 12.8. The van der Waals surface area contributed by atoms with Gasteiger partial charge < -0.3 is 10.3 Å². The van der Waals surface area contributed by atoms with Gasteiger partial charge in [0.25, 0.3) is 5.91 Å². The number of rotatable bonds is 6. The Bertz CT molecular complexity index is 1030. The molecule has 1 aromatic carbocycles. The number of aromatic nitrogens is 4. The van der Waals surface area contributed by atoms with E-state index in [0.29, 0.717) is 18.7 Å². The summed E-state index contributed by atoms with van der Waals surface area (Å²) < 4.78 is 1.86. The average molecular weight is 347 g/mol. The maximum atomic E-state index is 12.8. The SMILES string of the molecule is CCCc1nc2ccccn2c1C(=O)NCCc1nc2ccccc2[nH]1. The van der Waals surface area contributed by atoms with Gasteiger partial charge in [0.1, 0.15) is 17.2 Å². The van der Waals surface area contributed by atoms with Crippen molar-refractivity contribution in [1.29, 1.82) is 0 Å². The van der Waals surface area contributed by atoms with Gasteiger partial charge >= 0.3 is 0 Å². The number of para-hydroxylation sites is 2. The highest BCUT2D eigenvalue weighted by Crippen LogP contribution is 2.15. The van der Waals surface area contributed by atoms with E-state index < -0.39 is 0 Å². The van der Waals surface area contributed by atoms with Crippen molar-refractivity contribution in [1.82, 2.24) is 24.7 Å². The van der Waals surface area contributed by atoms with Crippen LogP contribution in [0.1, 0.15) is 35.4 Å². The summed E-state index contributed by atoms with van der Waals surface area (Å²) in [4.78, 5) is 25.2. The number of H-pyrrole nitrogens is 1. The van der Waals surface area contributed by atoms with E-state index in [2.05, 4.69) is 27.2 Å². The molecule has 0 aliphatic heterocycles. The maximum Gasteiger partial charge on any atom is 0.270 e. The molecule has 0 aliphatic rings. The lowest BCUT2D eigenvalue weighted by Crippen LogP contribution is -2.28. The molecule has 6 nitrogen and oxygen atoms in total. The predicted molar refractivity (Wildman–Crippen MR) is 101 cm³/mol. The molecule has 6 heteroatoms. The van der Waals surface area contributed by atoms with E-state index in [1.165, 1.54) is 0 Å². The fraction of sp³-hybridized carbons (Fsp3) is 0.250. The summed E-state index contributed by atoms with van der Waals surface area (Å²) in [6.45, 7) is 2.61. The van der Waals surface area contributed by atoms with E-state index in [4.69, 9.17) is 0 Å². The Kier molecular flexibility index (Phi) is 4.39. The summed E-state index contributed by atoms with van der Waals surface area (Å²) >= 11 is 0. The van der Waals surface area contributed by atoms with Crippen LogP contribution in [0.3, 0.4) is 0 Å². The lowest BCUT2D eigenvalue weighted by molar-refractivity contribution is 0.0947. The summed E-state index contributed by atoms with van der Waals surface area (Å²) in [5, 5.41) is 3.01. The van der Waals surface area contributed by atoms with E-state index in [1.54, 1.807) is 0 Å². The number of hydrogen-bond donors (Lipinski definition) is 2. The van der Waals surface area contributed by atoms with Crippen molar-refractivity contribution < 1.29 is 4.79 Å². The molecule has 1 amide bonds. The smallest absolute Gasteiger partial charge is 0.270 e. The molecule has 0 saturated carbocycles. The Labute approximate surface area is 151 Å². The number of amides is 1. The number of pyridine rings is 1. The van der Waals surface area contributed by atoms with Gasteiger partial charge in [0, 0.05) is 19.2 Å². The van der Waals surface area contributed by atoms with Gasteiger partial charge in [-0.1, -0.05) is 31.5 Å². The highest BCUT2D eigenvalue weighted by Gasteiger charge is 2.18. The number of nitrogens with one attached hydrogen (secondary N) is 2. The fourth-order valence-electron chi connectivity index (χ4n) is 3.20. The zero-order valence-electron chi connectivity index (χ0n) is 14.7. The van der Waals surface area contributed by atoms with Crippen molar-refractivity contribution in [2.75, 3.05) is 6.54 Å². The van der Waals surface area contributed by atoms with Crippen LogP contribution in [0.25, 0.3) is 16.7 Å². The normalized spacial score (nSPS) is 11.3. The number of hydrogen-bond acceptors (Lipinski definition) is 3. The third-order valence-electron chi connectivity index (χ3n) is 4.39. The summed E-state index contributed by atoms with van der Waals surface area (Å²) in [6, 6.07) is 13.7. The van der Waals surface area contributed by atoms with Crippen molar-refractivity contribution in [3.63, 3.8) is 0 Å². The monoisotopic (exact) mass is 347 g/mol. The summed E-state index contributed by atoms with van der Waals surface area (Å²) in [5.74, 6) is 0.779. The van der Waals surface area contributed by atoms with Crippen molar-refractivity contribution in [3.8, 4) is 0 Å². The molecular formula is C20H21N5O. The van der Waals surface area contributed by atoms with Crippen LogP contribution in [0.4, 0.5) is 0 Å². The van der Waals surface area contributed by atoms with Crippen LogP contribution in [0.2, 0.25) is 0 Å². The van der Waals surface area contributed by atoms with Crippen LogP contribution in [0, 0.1) is 0 Å². The zero-order valence-corrected chi connectivity index (χ0v) is 14.7. The first-order valence-corrected chi connectivity index (χ1v) is 8.94. The van der Waals surface area contributed by atoms with E-state index in [0.717, 1.165) is 41.0 Å². The van der Waals surface area contributed by atoms with Gasteiger partial charge in [0.05, 0.1) is 16.7 Å². The quantitative estimate of drug-likeness (QED) is 0.563. The van der Waals surface area contributed by atoms with E-state index >= 15 is 0 Å². The molecule has 4 rings (SSSR count). The van der Waals surface area contributed by atoms with Crippen molar-refractivity contribution in [2.45, 2.75) is 26.2 Å². The van der Waals surface area contributed by atoms with Gasteiger partial charge in [0.2, 0.25) is 0 Å². The molecule has 3 aromatic heterocycles. The first-order valence-electron chi connectivity index (χ1n) is 8.94. The van der Waals surface area contributed by atoms with E-state index in [9.17, 15) is 4.79 Å². The molecule has 0 saturated heterocycles. The molecule has 26 heavy (non-hydrogen) atoms. The topological polar surface area (TPSA) is 75.1 Å². The van der Waals surface area contributed by atoms with Crippen LogP contribution < -0.4 is 5.32 Å². The number of aromatic amines is 1. The molecule has 132 valence electrons. The Hall–Kier alpha value is -3.15. The number of fused-ring (bicyclic) bond motifs is 2. The first kappa shape index (κ1) is 16.3. The standard InChI is InChI=1S/C20H21N5O/c1-2-7-16-19(25-13-6-5-10-18(25)24-16)20(26)21-12-11-17-22-14-8-3-4-9-15(14)23-17/h3-6,8-10,13H,2,7,11-12H2,1H3,(H,21,26)(H,22,23). The minimum absolute atomic E-state index is 0.0942. The number of aryl methyl sites for hydroxylation is 1. The van der Waals surface area contributed by atoms with Crippen LogP contribution in [-0.2, 0) is 12.8 Å². The molecule has 0 aliphatic carbocycles. The number of carbonyl (C=O) groups excluding carboxylic acids is 1. The van der Waals surface area contributed by atoms with Gasteiger partial charge in [-0.05, 0) is 30.7 Å². The lowest BCUT2D eigenvalue weighted by Gasteiger charge is -2.06. The molecule has 3 heterocycles. The van der Waals surface area contributed by atoms with Crippen molar-refractivity contribution >= 4 is 22.6 Å². The number of benzene rings is 1. The van der Waals surface area contributed by atoms with Crippen molar-refractivity contribution in [2.24, 2.45) is 0 Å². The Morgan fingerprint density at radius 2 is 1.96 bits per heavy atom. The van der Waals surface area contributed by atoms with Crippen LogP contribution in [0.15, 0.2) is 48.7 Å². The molecule has 0 atom stereocenters. The second-order valence-corrected chi connectivity index (χ2v) is 6.29. The molecule has 0 radical (unpaired) electrons. The Morgan fingerprint density at radius 1 is 1.12 bits per heavy atom. The average Bonchev–Trinajstić information content (AvgIpc) is 3.22. The molecule has 0 unspecified atom stereocenters. The van der Waals surface area contributed by atoms with Gasteiger partial charge in [-0.15, -0.1) is 0 Å². The molecule has 2 N–H and O–H groups in total. The van der Waals surface area contributed by atoms with Crippen molar-refractivity contribution in [3.05, 3.63) is 65.9 Å². The van der Waals surface area contributed by atoms with Gasteiger partial charge in [-0.2, -0.15) is 0 Å². The van der Waals surface area contributed by atoms with Crippen LogP contribution >= 0.6 is 0 Å². The fourth-order valence-corrected chi connectivity index (χ4v) is 3.20. The molecule has 4 aromatic rings. The van der Waals surface area contributed by atoms with Gasteiger partial charge in [0.15, 0.2) is 0 Å². The zero-order chi connectivity index (χ0) is 17.9. The molecule has 0 spiro atoms. The van der Waals surface area contributed by atoms with Gasteiger partial charge in [-0.3, -0.25) is 9.20 Å². The third kappa shape index (κ3) is 3.06. The summed E-state index contributed by atoms with van der Waals surface area (Å²) in [7, 11) is 0. The minimum atomic E-state index is -0.0942. The van der Waals surface area contributed by atoms with E-state index in [-0.39, 0.29) is 5.91 Å². The summed E-state index contributed by atoms with van der Waals surface area (Å²) in [5.41, 5.74) is 4.24. The Morgan fingerprint density at radius 3 is 2.81 bits per heavy atom. The predicted octanol–water partition coefficient (Wildman–Crippen LogP) is 3.14. The molecular weight excluding hydrogens is 326 g/mol.